The molecule has 0 spiro atoms. The quantitative estimate of drug-likeness (QED) is 0.725. The third-order valence-electron chi connectivity index (χ3n) is 2.51. The molecule has 4 N–H and O–H groups in total. The van der Waals surface area contributed by atoms with Gasteiger partial charge in [0.1, 0.15) is 0 Å². The molecule has 1 aromatic carbocycles. The Morgan fingerprint density at radius 1 is 1.26 bits per heavy atom. The first kappa shape index (κ1) is 15.3. The first-order valence-electron chi connectivity index (χ1n) is 5.95. The molecular weight excluding hydrogens is 266 g/mol. The van der Waals surface area contributed by atoms with E-state index in [0.717, 1.165) is 6.42 Å². The summed E-state index contributed by atoms with van der Waals surface area (Å²) in [6.45, 7) is 5.58. The molecule has 0 aliphatic rings. The number of anilines is 1. The molecule has 0 saturated carbocycles. The summed E-state index contributed by atoms with van der Waals surface area (Å²) in [5, 5.41) is 2.45. The van der Waals surface area contributed by atoms with E-state index in [2.05, 4.69) is 5.32 Å². The molecule has 0 aromatic heterocycles. The van der Waals surface area contributed by atoms with E-state index < -0.39 is 16.1 Å². The van der Waals surface area contributed by atoms with Crippen LogP contribution in [-0.2, 0) is 10.0 Å². The maximum atomic E-state index is 12.1. The van der Waals surface area contributed by atoms with Crippen LogP contribution in [-0.4, -0.2) is 21.0 Å². The summed E-state index contributed by atoms with van der Waals surface area (Å²) in [5.41, 5.74) is 7.15. The predicted octanol–water partition coefficient (Wildman–Crippen LogP) is 1.28. The van der Waals surface area contributed by atoms with E-state index in [1.54, 1.807) is 26.0 Å². The molecule has 0 atom stereocenters. The number of rotatable bonds is 4. The van der Waals surface area contributed by atoms with Gasteiger partial charge in [-0.05, 0) is 43.5 Å². The van der Waals surface area contributed by atoms with Crippen molar-refractivity contribution in [3.63, 3.8) is 0 Å². The molecule has 1 rings (SSSR count). The van der Waals surface area contributed by atoms with Gasteiger partial charge in [-0.2, -0.15) is 0 Å². The molecular formula is C12H19N3O3S. The number of benzene rings is 1. The van der Waals surface area contributed by atoms with E-state index in [0.29, 0.717) is 23.4 Å². The SMILES string of the molecule is CCCNC(=O)NS(=O)(=O)c1c(C)cc(N)cc1C. The monoisotopic (exact) mass is 285 g/mol. The summed E-state index contributed by atoms with van der Waals surface area (Å²) in [4.78, 5) is 11.5. The number of hydrogen-bond donors (Lipinski definition) is 3. The summed E-state index contributed by atoms with van der Waals surface area (Å²) in [6.07, 6.45) is 0.730. The van der Waals surface area contributed by atoms with Crippen LogP contribution < -0.4 is 15.8 Å². The Bertz CT molecular complexity index is 559. The number of urea groups is 1. The van der Waals surface area contributed by atoms with Crippen molar-refractivity contribution in [3.05, 3.63) is 23.3 Å². The molecule has 7 heteroatoms. The lowest BCUT2D eigenvalue weighted by molar-refractivity contribution is 0.246. The fraction of sp³-hybridized carbons (Fsp3) is 0.417. The molecule has 106 valence electrons. The fourth-order valence-electron chi connectivity index (χ4n) is 1.86. The topological polar surface area (TPSA) is 101 Å². The van der Waals surface area contributed by atoms with Crippen molar-refractivity contribution in [1.82, 2.24) is 10.0 Å². The zero-order valence-electron chi connectivity index (χ0n) is 11.3. The number of amides is 2. The summed E-state index contributed by atoms with van der Waals surface area (Å²) >= 11 is 0. The molecule has 0 unspecified atom stereocenters. The van der Waals surface area contributed by atoms with Crippen molar-refractivity contribution in [1.29, 1.82) is 0 Å². The lowest BCUT2D eigenvalue weighted by Crippen LogP contribution is -2.40. The highest BCUT2D eigenvalue weighted by Crippen LogP contribution is 2.22. The average Bonchev–Trinajstić information content (AvgIpc) is 2.23. The van der Waals surface area contributed by atoms with E-state index in [4.69, 9.17) is 5.73 Å². The summed E-state index contributed by atoms with van der Waals surface area (Å²) in [6, 6.07) is 2.40. The molecule has 0 fully saturated rings. The molecule has 6 nitrogen and oxygen atoms in total. The largest absolute Gasteiger partial charge is 0.399 e. The van der Waals surface area contributed by atoms with Crippen LogP contribution in [0.25, 0.3) is 0 Å². The van der Waals surface area contributed by atoms with E-state index in [-0.39, 0.29) is 4.90 Å². The number of hydrogen-bond acceptors (Lipinski definition) is 4. The van der Waals surface area contributed by atoms with Crippen LogP contribution in [0.4, 0.5) is 10.5 Å². The van der Waals surface area contributed by atoms with E-state index in [1.165, 1.54) is 0 Å². The molecule has 0 bridgehead atoms. The number of sulfonamides is 1. The Hall–Kier alpha value is -1.76. The van der Waals surface area contributed by atoms with E-state index in [9.17, 15) is 13.2 Å². The third-order valence-corrected chi connectivity index (χ3v) is 4.15. The van der Waals surface area contributed by atoms with Gasteiger partial charge < -0.3 is 11.1 Å². The minimum Gasteiger partial charge on any atom is -0.399 e. The van der Waals surface area contributed by atoms with Crippen molar-refractivity contribution < 1.29 is 13.2 Å². The maximum absolute atomic E-state index is 12.1. The Labute approximate surface area is 113 Å². The number of nitrogen functional groups attached to an aromatic ring is 1. The van der Waals surface area contributed by atoms with Gasteiger partial charge in [-0.15, -0.1) is 0 Å². The van der Waals surface area contributed by atoms with Crippen LogP contribution >= 0.6 is 0 Å². The zero-order valence-corrected chi connectivity index (χ0v) is 12.1. The van der Waals surface area contributed by atoms with Gasteiger partial charge in [0.25, 0.3) is 10.0 Å². The van der Waals surface area contributed by atoms with Crippen LogP contribution in [0, 0.1) is 13.8 Å². The van der Waals surface area contributed by atoms with E-state index >= 15 is 0 Å². The highest BCUT2D eigenvalue weighted by molar-refractivity contribution is 7.90. The molecule has 0 aliphatic carbocycles. The minimum atomic E-state index is -3.89. The van der Waals surface area contributed by atoms with Crippen molar-refractivity contribution in [2.24, 2.45) is 0 Å². The van der Waals surface area contributed by atoms with Gasteiger partial charge in [0.15, 0.2) is 0 Å². The second kappa shape index (κ2) is 5.92. The Morgan fingerprint density at radius 3 is 2.26 bits per heavy atom. The van der Waals surface area contributed by atoms with Crippen LogP contribution in [0.15, 0.2) is 17.0 Å². The van der Waals surface area contributed by atoms with Crippen LogP contribution in [0.5, 0.6) is 0 Å². The van der Waals surface area contributed by atoms with Crippen LogP contribution in [0.1, 0.15) is 24.5 Å². The van der Waals surface area contributed by atoms with Crippen LogP contribution in [0.3, 0.4) is 0 Å². The second-order valence-corrected chi connectivity index (χ2v) is 5.96. The van der Waals surface area contributed by atoms with Crippen molar-refractivity contribution in [3.8, 4) is 0 Å². The maximum Gasteiger partial charge on any atom is 0.328 e. The second-order valence-electron chi connectivity index (χ2n) is 4.35. The van der Waals surface area contributed by atoms with Crippen LogP contribution in [0.2, 0.25) is 0 Å². The van der Waals surface area contributed by atoms with Crippen molar-refractivity contribution >= 4 is 21.7 Å². The molecule has 0 radical (unpaired) electrons. The van der Waals surface area contributed by atoms with Gasteiger partial charge in [-0.3, -0.25) is 0 Å². The number of aryl methyl sites for hydroxylation is 2. The summed E-state index contributed by atoms with van der Waals surface area (Å²) in [5.74, 6) is 0. The van der Waals surface area contributed by atoms with Gasteiger partial charge >= 0.3 is 6.03 Å². The Morgan fingerprint density at radius 2 is 1.79 bits per heavy atom. The highest BCUT2D eigenvalue weighted by Gasteiger charge is 2.22. The van der Waals surface area contributed by atoms with Gasteiger partial charge in [0, 0.05) is 12.2 Å². The molecule has 0 saturated heterocycles. The number of carbonyl (C=O) groups is 1. The zero-order chi connectivity index (χ0) is 14.6. The molecule has 2 amide bonds. The third kappa shape index (κ3) is 3.85. The number of nitrogens with two attached hydrogens (primary N) is 1. The van der Waals surface area contributed by atoms with Gasteiger partial charge in [0.05, 0.1) is 4.90 Å². The minimum absolute atomic E-state index is 0.0911. The summed E-state index contributed by atoms with van der Waals surface area (Å²) in [7, 11) is -3.89. The smallest absolute Gasteiger partial charge is 0.328 e. The fourth-order valence-corrected chi connectivity index (χ4v) is 3.24. The van der Waals surface area contributed by atoms with Gasteiger partial charge in [-0.25, -0.2) is 17.9 Å². The predicted molar refractivity (Wildman–Crippen MR) is 74.3 cm³/mol. The Balaban J connectivity index is 3.05. The first-order valence-corrected chi connectivity index (χ1v) is 7.43. The van der Waals surface area contributed by atoms with Crippen molar-refractivity contribution in [2.75, 3.05) is 12.3 Å². The highest BCUT2D eigenvalue weighted by atomic mass is 32.2. The Kier molecular flexibility index (Phi) is 4.77. The average molecular weight is 285 g/mol. The number of carbonyl (C=O) groups excluding carboxylic acids is 1. The van der Waals surface area contributed by atoms with Crippen molar-refractivity contribution in [2.45, 2.75) is 32.1 Å². The van der Waals surface area contributed by atoms with Gasteiger partial charge in [-0.1, -0.05) is 6.92 Å². The lowest BCUT2D eigenvalue weighted by atomic mass is 10.1. The summed E-state index contributed by atoms with van der Waals surface area (Å²) < 4.78 is 26.3. The molecule has 0 heterocycles. The first-order chi connectivity index (χ1) is 8.77. The number of nitrogens with one attached hydrogen (secondary N) is 2. The lowest BCUT2D eigenvalue weighted by Gasteiger charge is -2.13. The standard InChI is InChI=1S/C12H19N3O3S/c1-4-5-14-12(16)15-19(17,18)11-8(2)6-10(13)7-9(11)3/h6-7H,4-5,13H2,1-3H3,(H2,14,15,16). The van der Waals surface area contributed by atoms with Gasteiger partial charge in [0.2, 0.25) is 0 Å². The molecule has 19 heavy (non-hydrogen) atoms. The molecule has 0 aliphatic heterocycles. The molecule has 1 aromatic rings. The van der Waals surface area contributed by atoms with E-state index in [1.807, 2.05) is 11.6 Å². The normalized spacial score (nSPS) is 11.1.